The van der Waals surface area contributed by atoms with Gasteiger partial charge in [-0.1, -0.05) is 145 Å². The van der Waals surface area contributed by atoms with Crippen LogP contribution in [0, 0.1) is 17.8 Å². The van der Waals surface area contributed by atoms with E-state index in [-0.39, 0.29) is 86.3 Å². The summed E-state index contributed by atoms with van der Waals surface area (Å²) in [5.41, 5.74) is 5.62. The molecular weight excluding hydrogens is 1390 g/mol. The molecule has 16 atom stereocenters. The van der Waals surface area contributed by atoms with Crippen molar-refractivity contribution in [2.45, 2.75) is 171 Å². The minimum Gasteiger partial charge on any atom is -0.497 e. The number of hydrogen-bond acceptors (Lipinski definition) is 21. The highest BCUT2D eigenvalue weighted by atomic mass is 19.1. The molecular formula is C76H93F4N9O17. The average molecular weight is 1480 g/mol. The zero-order valence-corrected chi connectivity index (χ0v) is 60.1. The summed E-state index contributed by atoms with van der Waals surface area (Å²) in [6.07, 6.45) is 0.561. The van der Waals surface area contributed by atoms with Crippen molar-refractivity contribution in [2.75, 3.05) is 51.9 Å². The van der Waals surface area contributed by atoms with Crippen molar-refractivity contribution in [3.05, 3.63) is 228 Å². The van der Waals surface area contributed by atoms with Gasteiger partial charge in [0.05, 0.1) is 64.8 Å². The summed E-state index contributed by atoms with van der Waals surface area (Å²) in [6, 6.07) is 39.7. The van der Waals surface area contributed by atoms with Crippen LogP contribution in [0.4, 0.5) is 29.2 Å². The Kier molecular flexibility index (Phi) is 27.5. The van der Waals surface area contributed by atoms with E-state index in [0.29, 0.717) is 25.0 Å². The number of benzene rings is 4. The quantitative estimate of drug-likeness (QED) is 0.0290. The van der Waals surface area contributed by atoms with Crippen LogP contribution in [0.15, 0.2) is 184 Å². The van der Waals surface area contributed by atoms with Crippen molar-refractivity contribution in [2.24, 2.45) is 17.8 Å². The van der Waals surface area contributed by atoms with E-state index < -0.39 is 121 Å². The number of aromatic nitrogens is 6. The van der Waals surface area contributed by atoms with Crippen LogP contribution in [0.3, 0.4) is 0 Å². The number of nitrogen functional groups attached to an aromatic ring is 2. The highest BCUT2D eigenvalue weighted by molar-refractivity contribution is 6.06. The number of nitrogens with two attached hydrogens (primary N) is 2. The summed E-state index contributed by atoms with van der Waals surface area (Å²) in [5, 5.41) is 28.8. The third kappa shape index (κ3) is 17.2. The number of rotatable bonds is 24. The molecule has 0 radical (unpaired) electrons. The van der Waals surface area contributed by atoms with E-state index >= 15 is 0 Å². The highest BCUT2D eigenvalue weighted by Crippen LogP contribution is 2.49. The predicted octanol–water partition coefficient (Wildman–Crippen LogP) is 7.40. The van der Waals surface area contributed by atoms with E-state index in [4.69, 9.17) is 54.5 Å². The number of ether oxygens (including phenoxy) is 8. The molecule has 1 amide bonds. The second-order valence-electron chi connectivity index (χ2n) is 26.7. The van der Waals surface area contributed by atoms with Gasteiger partial charge in [-0.2, -0.15) is 9.97 Å². The molecule has 7 aromatic rings. The van der Waals surface area contributed by atoms with Crippen molar-refractivity contribution in [3.8, 4) is 5.75 Å². The van der Waals surface area contributed by atoms with Gasteiger partial charge in [0.1, 0.15) is 73.1 Å². The van der Waals surface area contributed by atoms with Gasteiger partial charge < -0.3 is 64.7 Å². The summed E-state index contributed by atoms with van der Waals surface area (Å²) in [5.74, 6) is -0.717. The number of allylic oxidation sites excluding steroid dienone is 1. The van der Waals surface area contributed by atoms with Crippen LogP contribution in [0.5, 0.6) is 5.75 Å². The largest absolute Gasteiger partial charge is 0.497 e. The molecule has 7 N–H and O–H groups in total. The number of hydrogen-bond donors (Lipinski definition) is 5. The van der Waals surface area contributed by atoms with Gasteiger partial charge in [-0.15, -0.1) is 0 Å². The van der Waals surface area contributed by atoms with Gasteiger partial charge in [0, 0.05) is 48.6 Å². The molecule has 572 valence electrons. The second-order valence-corrected chi connectivity index (χ2v) is 26.7. The Labute approximate surface area is 609 Å². The fraction of sp³-hybridized carbons (Fsp3) is 0.474. The molecule has 0 bridgehead atoms. The van der Waals surface area contributed by atoms with Crippen molar-refractivity contribution in [1.82, 2.24) is 33.1 Å². The van der Waals surface area contributed by atoms with E-state index in [2.05, 4.69) is 9.97 Å². The molecule has 12 rings (SSSR count). The lowest BCUT2D eigenvalue weighted by molar-refractivity contribution is -0.178. The highest BCUT2D eigenvalue weighted by Gasteiger charge is 2.61. The number of carbonyl (C=O) groups is 2. The number of methoxy groups -OCH3 is 1. The third-order valence-corrected chi connectivity index (χ3v) is 20.4. The molecule has 3 aromatic heterocycles. The van der Waals surface area contributed by atoms with Gasteiger partial charge in [-0.05, 0) is 71.9 Å². The normalized spacial score (nSPS) is 28.8. The zero-order valence-electron chi connectivity index (χ0n) is 60.1. The molecule has 4 aromatic carbocycles. The van der Waals surface area contributed by atoms with E-state index in [9.17, 15) is 56.5 Å². The van der Waals surface area contributed by atoms with Crippen LogP contribution in [0.1, 0.15) is 108 Å². The number of nitrogens with zero attached hydrogens (tertiary/aromatic N) is 7. The van der Waals surface area contributed by atoms with Crippen molar-refractivity contribution in [1.29, 1.82) is 0 Å². The van der Waals surface area contributed by atoms with Gasteiger partial charge in [-0.25, -0.2) is 31.9 Å². The number of halogens is 4. The van der Waals surface area contributed by atoms with Crippen LogP contribution in [0.2, 0.25) is 0 Å². The minimum atomic E-state index is -2.34. The summed E-state index contributed by atoms with van der Waals surface area (Å²) in [6.45, 7) is 7.85. The molecule has 106 heavy (non-hydrogen) atoms. The van der Waals surface area contributed by atoms with Gasteiger partial charge in [0.2, 0.25) is 5.91 Å². The topological polar surface area (TPSA) is 338 Å². The Morgan fingerprint density at radius 2 is 0.934 bits per heavy atom. The molecule has 4 saturated heterocycles. The molecule has 5 aliphatic rings. The molecule has 0 unspecified atom stereocenters. The molecule has 0 aliphatic carbocycles. The molecule has 4 fully saturated rings. The number of aliphatic hydroxyl groups excluding tert-OH is 2. The van der Waals surface area contributed by atoms with E-state index in [1.165, 1.54) is 63.1 Å². The maximum Gasteiger partial charge on any atom is 0.351 e. The number of carbonyl (C=O) groups excluding carboxylic acids is 2. The number of alkyl halides is 4. The summed E-state index contributed by atoms with van der Waals surface area (Å²) >= 11 is 0. The fourth-order valence-corrected chi connectivity index (χ4v) is 13.9. The van der Waals surface area contributed by atoms with Crippen molar-refractivity contribution < 1.29 is 80.4 Å². The maximum atomic E-state index is 14.9. The Morgan fingerprint density at radius 1 is 0.528 bits per heavy atom. The Hall–Kier alpha value is -9.08. The summed E-state index contributed by atoms with van der Waals surface area (Å²) in [7, 11) is 1.57. The van der Waals surface area contributed by atoms with E-state index in [0.717, 1.165) is 31.4 Å². The Morgan fingerprint density at radius 3 is 1.33 bits per heavy atom. The molecule has 8 heterocycles. The lowest BCUT2D eigenvalue weighted by Gasteiger charge is -2.39. The number of amides is 1. The molecule has 5 aliphatic heterocycles. The molecule has 0 spiro atoms. The molecule has 0 saturated carbocycles. The van der Waals surface area contributed by atoms with Crippen molar-refractivity contribution in [3.63, 3.8) is 0 Å². The van der Waals surface area contributed by atoms with E-state index in [1.807, 2.05) is 133 Å². The zero-order chi connectivity index (χ0) is 76.7. The Balaban J connectivity index is 0.000000167. The molecule has 30 heteroatoms. The van der Waals surface area contributed by atoms with Crippen LogP contribution >= 0.6 is 0 Å². The number of ketones is 1. The second kappa shape index (κ2) is 36.0. The van der Waals surface area contributed by atoms with E-state index in [1.54, 1.807) is 31.4 Å². The van der Waals surface area contributed by atoms with Crippen molar-refractivity contribution >= 4 is 23.3 Å². The third-order valence-electron chi connectivity index (χ3n) is 20.4. The average Bonchev–Trinajstić information content (AvgIpc) is 1.62. The van der Waals surface area contributed by atoms with Gasteiger partial charge in [0.15, 0.2) is 36.3 Å². The first kappa shape index (κ1) is 81.0. The van der Waals surface area contributed by atoms with Crippen LogP contribution in [0.25, 0.3) is 0 Å². The lowest BCUT2D eigenvalue weighted by Crippen LogP contribution is -2.56. The predicted molar refractivity (Wildman–Crippen MR) is 381 cm³/mol. The first-order valence-electron chi connectivity index (χ1n) is 35.0. The van der Waals surface area contributed by atoms with Crippen LogP contribution in [-0.4, -0.2) is 160 Å². The first-order valence-corrected chi connectivity index (χ1v) is 35.0. The Bertz CT molecular complexity index is 4320. The molecule has 26 nitrogen and oxygen atoms in total. The van der Waals surface area contributed by atoms with Crippen LogP contribution < -0.4 is 38.8 Å². The lowest BCUT2D eigenvalue weighted by atomic mass is 9.85. The SMILES string of the molecule is CC[C@H]1O[C@@H](N2C=CC(=O)CC2=O)[C@](CF)(OCc2ccccc2)[C@@H]1C.CC[C@H]1O[C@@H](n2ccc(=O)n(Cc3ccc(OC)cc3)c2=O)[C@](CF)(OCc2ccccc2)[C@@H]1C.CC[C@H]1O[C@@H](n2ccc(N)nc2=O)[C@](CF)(OCc2ccccc2)[C@@H]1C.Nc1ccn([C@@H]2O[C@H](CO)[C@@H](O)[C@]2(O)CF)c(=O)n1. The van der Waals surface area contributed by atoms with Gasteiger partial charge in [-0.3, -0.25) is 37.6 Å². The summed E-state index contributed by atoms with van der Waals surface area (Å²) in [4.78, 5) is 82.5. The van der Waals surface area contributed by atoms with Gasteiger partial charge >= 0.3 is 17.1 Å². The van der Waals surface area contributed by atoms with Gasteiger partial charge in [0.25, 0.3) is 5.56 Å². The summed E-state index contributed by atoms with van der Waals surface area (Å²) < 4.78 is 108. The fourth-order valence-electron chi connectivity index (χ4n) is 13.9. The monoisotopic (exact) mass is 1480 g/mol. The maximum absolute atomic E-state index is 14.9. The first-order chi connectivity index (χ1) is 50.9. The number of anilines is 2. The number of aliphatic hydroxyl groups is 3. The standard InChI is InChI=1S/C27H31FN2O5.C20H24FNO4.C19H24FN3O3.C10H14FN3O5/c1-4-23-19(2)27(18-28,34-17-21-8-6-5-7-9-21)25(35-23)29-15-14-24(31)30(26(29)32)16-20-10-12-22(33-3)13-11-20;1-3-17-14(2)20(13-21,25-12-15-7-5-4-6-8-15)19(26-17)22-10-9-16(23)11-18(22)24;1-3-15-13(2)19(12-20,25-11-14-7-5-4-6-8-14)17(26-15)23-10-9-16(21)22-18(23)24;11-4-10(18)7(16)5(3-15)19-8(10)14-2-1-6(12)13-9(14)17/h5-15,19,23,25H,4,16-18H2,1-3H3;4-10,14,17,19H,3,11-13H2,1-2H3;4-10,13,15,17H,3,11-12H2,1-2H3,(H2,21,22,24);1-2,5,7-8,15-16,18H,3-4H2,(H2,12,13,17)/t19-,23-,25-,27-;14-,17-,19-,20-;13-,15-,17-,19-;5-,7-,8-,10-/m1111/s1. The van der Waals surface area contributed by atoms with Crippen LogP contribution in [-0.2, 0) is 69.1 Å². The minimum absolute atomic E-state index is 0.0395. The smallest absolute Gasteiger partial charge is 0.351 e.